The first-order chi connectivity index (χ1) is 15.1. The van der Waals surface area contributed by atoms with Crippen molar-refractivity contribution in [3.63, 3.8) is 0 Å². The van der Waals surface area contributed by atoms with Crippen LogP contribution in [0.2, 0.25) is 0 Å². The lowest BCUT2D eigenvalue weighted by Gasteiger charge is -2.61. The van der Waals surface area contributed by atoms with Crippen LogP contribution >= 0.6 is 0 Å². The summed E-state index contributed by atoms with van der Waals surface area (Å²) in [6.45, 7) is 9.41. The van der Waals surface area contributed by atoms with Gasteiger partial charge in [-0.15, -0.1) is 0 Å². The van der Waals surface area contributed by atoms with E-state index >= 15 is 0 Å². The molecule has 0 aromatic rings. The molecular weight excluding hydrogens is 404 g/mol. The van der Waals surface area contributed by atoms with Crippen LogP contribution in [0.3, 0.4) is 0 Å². The third kappa shape index (κ3) is 2.75. The fourth-order valence-corrected chi connectivity index (χ4v) is 10.4. The van der Waals surface area contributed by atoms with E-state index in [2.05, 4.69) is 20.8 Å². The van der Waals surface area contributed by atoms with Crippen molar-refractivity contribution in [1.82, 2.24) is 0 Å². The van der Waals surface area contributed by atoms with Crippen molar-refractivity contribution in [3.05, 3.63) is 0 Å². The van der Waals surface area contributed by atoms with Gasteiger partial charge in [0.1, 0.15) is 0 Å². The molecule has 32 heavy (non-hydrogen) atoms. The molecule has 2 aliphatic heterocycles. The first kappa shape index (κ1) is 22.3. The summed E-state index contributed by atoms with van der Waals surface area (Å²) in [6.07, 6.45) is 8.56. The second-order valence-corrected chi connectivity index (χ2v) is 13.5. The van der Waals surface area contributed by atoms with Gasteiger partial charge in [0.05, 0.1) is 30.5 Å². The molecule has 2 heterocycles. The second-order valence-electron chi connectivity index (χ2n) is 13.5. The normalized spacial score (nSPS) is 63.7. The van der Waals surface area contributed by atoms with E-state index in [1.807, 2.05) is 6.92 Å². The van der Waals surface area contributed by atoms with E-state index in [0.717, 1.165) is 32.1 Å². The Morgan fingerprint density at radius 1 is 0.875 bits per heavy atom. The summed E-state index contributed by atoms with van der Waals surface area (Å²) in [4.78, 5) is 0. The van der Waals surface area contributed by atoms with Crippen molar-refractivity contribution in [3.8, 4) is 0 Å². The van der Waals surface area contributed by atoms with Crippen LogP contribution in [-0.4, -0.2) is 51.6 Å². The number of aliphatic hydroxyl groups excluding tert-OH is 3. The maximum atomic E-state index is 10.6. The second kappa shape index (κ2) is 6.94. The summed E-state index contributed by atoms with van der Waals surface area (Å²) in [5, 5.41) is 30.7. The minimum atomic E-state index is -0.560. The number of hydrogen-bond donors (Lipinski definition) is 3. The highest BCUT2D eigenvalue weighted by molar-refractivity contribution is 5.16. The van der Waals surface area contributed by atoms with Crippen LogP contribution in [-0.2, 0) is 9.47 Å². The highest BCUT2D eigenvalue weighted by Crippen LogP contribution is 2.71. The van der Waals surface area contributed by atoms with Gasteiger partial charge in [0.25, 0.3) is 0 Å². The summed E-state index contributed by atoms with van der Waals surface area (Å²) in [5.41, 5.74) is -0.0255. The van der Waals surface area contributed by atoms with Gasteiger partial charge >= 0.3 is 0 Å². The monoisotopic (exact) mass is 448 g/mol. The lowest BCUT2D eigenvalue weighted by atomic mass is 9.44. The smallest absolute Gasteiger partial charge is 0.172 e. The number of aliphatic hydroxyl groups is 3. The lowest BCUT2D eigenvalue weighted by Crippen LogP contribution is -2.57. The Bertz CT molecular complexity index is 773. The highest BCUT2D eigenvalue weighted by Gasteiger charge is 2.70. The maximum absolute atomic E-state index is 10.6. The fraction of sp³-hybridized carbons (Fsp3) is 1.00. The Morgan fingerprint density at radius 2 is 1.66 bits per heavy atom. The third-order valence-electron chi connectivity index (χ3n) is 12.1. The van der Waals surface area contributed by atoms with Gasteiger partial charge in [0.15, 0.2) is 5.79 Å². The standard InChI is InChI=1S/C27H44O5/c1-15-23-22(31-27(15)10-9-24(2,14-28)32-27)12-19-17-6-5-16-11-20(29)21(30)13-26(16,4)18(17)7-8-25(19,23)3/h15-23,28-30H,5-14H2,1-4H3/t15-,16-,17+,18-,19-,20+,21+,22-,23-,24+,25-,26-,27-/m0/s1. The van der Waals surface area contributed by atoms with E-state index in [0.29, 0.717) is 35.5 Å². The Hall–Kier alpha value is -0.200. The summed E-state index contributed by atoms with van der Waals surface area (Å²) in [6, 6.07) is 0. The van der Waals surface area contributed by atoms with E-state index in [9.17, 15) is 15.3 Å². The quantitative estimate of drug-likeness (QED) is 0.567. The molecule has 0 bridgehead atoms. The Balaban J connectivity index is 1.26. The summed E-state index contributed by atoms with van der Waals surface area (Å²) in [7, 11) is 0. The van der Waals surface area contributed by atoms with Gasteiger partial charge in [-0.2, -0.15) is 0 Å². The minimum absolute atomic E-state index is 0.0596. The Morgan fingerprint density at radius 3 is 2.38 bits per heavy atom. The molecule has 0 aromatic heterocycles. The van der Waals surface area contributed by atoms with Crippen LogP contribution in [0.4, 0.5) is 0 Å². The van der Waals surface area contributed by atoms with Crippen LogP contribution < -0.4 is 0 Å². The molecule has 5 heteroatoms. The zero-order valence-electron chi connectivity index (χ0n) is 20.4. The van der Waals surface area contributed by atoms with Crippen LogP contribution in [0.5, 0.6) is 0 Å². The Labute approximate surface area is 193 Å². The van der Waals surface area contributed by atoms with Gasteiger partial charge in [-0.05, 0) is 98.7 Å². The number of fused-ring (bicyclic) bond motifs is 7. The van der Waals surface area contributed by atoms with Gasteiger partial charge in [0, 0.05) is 12.3 Å². The molecule has 13 atom stereocenters. The molecule has 3 N–H and O–H groups in total. The maximum Gasteiger partial charge on any atom is 0.172 e. The van der Waals surface area contributed by atoms with Crippen molar-refractivity contribution in [2.24, 2.45) is 46.3 Å². The number of rotatable bonds is 1. The fourth-order valence-electron chi connectivity index (χ4n) is 10.4. The van der Waals surface area contributed by atoms with Crippen LogP contribution in [0.1, 0.15) is 85.5 Å². The van der Waals surface area contributed by atoms with E-state index < -0.39 is 23.6 Å². The average molecular weight is 449 g/mol. The summed E-state index contributed by atoms with van der Waals surface area (Å²) in [5.74, 6) is 2.97. The molecule has 182 valence electrons. The van der Waals surface area contributed by atoms with Crippen molar-refractivity contribution >= 4 is 0 Å². The zero-order chi connectivity index (χ0) is 22.7. The van der Waals surface area contributed by atoms with Crippen molar-refractivity contribution in [2.45, 2.75) is 115 Å². The molecule has 4 saturated carbocycles. The van der Waals surface area contributed by atoms with Gasteiger partial charge < -0.3 is 24.8 Å². The molecule has 1 spiro atoms. The zero-order valence-corrected chi connectivity index (χ0v) is 20.4. The first-order valence-electron chi connectivity index (χ1n) is 13.4. The van der Waals surface area contributed by atoms with E-state index in [1.165, 1.54) is 25.7 Å². The average Bonchev–Trinajstić information content (AvgIpc) is 3.33. The molecule has 2 saturated heterocycles. The molecule has 0 radical (unpaired) electrons. The first-order valence-corrected chi connectivity index (χ1v) is 13.4. The topological polar surface area (TPSA) is 79.2 Å². The number of hydrogen-bond acceptors (Lipinski definition) is 5. The lowest BCUT2D eigenvalue weighted by molar-refractivity contribution is -0.262. The predicted molar refractivity (Wildman–Crippen MR) is 121 cm³/mol. The SMILES string of the molecule is C[C@H]1[C@H]2[C@H](C[C@H]3[C@@H]4CC[C@H]5C[C@@H](O)[C@H](O)C[C@]5(C)[C@H]4CC[C@]23C)O[C@]12CC[C@](C)(CO)O2. The van der Waals surface area contributed by atoms with Crippen molar-refractivity contribution < 1.29 is 24.8 Å². The Kier molecular flexibility index (Phi) is 4.83. The van der Waals surface area contributed by atoms with Crippen molar-refractivity contribution in [2.75, 3.05) is 6.61 Å². The minimum Gasteiger partial charge on any atom is -0.393 e. The molecule has 0 amide bonds. The number of ether oxygens (including phenoxy) is 2. The van der Waals surface area contributed by atoms with Gasteiger partial charge in [-0.25, -0.2) is 0 Å². The molecule has 6 fully saturated rings. The summed E-state index contributed by atoms with van der Waals surface area (Å²) < 4.78 is 13.3. The largest absolute Gasteiger partial charge is 0.393 e. The van der Waals surface area contributed by atoms with E-state index in [4.69, 9.17) is 9.47 Å². The highest BCUT2D eigenvalue weighted by atomic mass is 16.7. The van der Waals surface area contributed by atoms with E-state index in [1.54, 1.807) is 0 Å². The van der Waals surface area contributed by atoms with Gasteiger partial charge in [0.2, 0.25) is 0 Å². The molecule has 6 rings (SSSR count). The molecular formula is C27H44O5. The molecule has 5 nitrogen and oxygen atoms in total. The van der Waals surface area contributed by atoms with Crippen LogP contribution in [0, 0.1) is 46.3 Å². The van der Waals surface area contributed by atoms with Gasteiger partial charge in [-0.1, -0.05) is 20.8 Å². The molecule has 6 aliphatic rings. The predicted octanol–water partition coefficient (Wildman–Crippen LogP) is 3.88. The molecule has 0 aromatic carbocycles. The molecule has 4 aliphatic carbocycles. The van der Waals surface area contributed by atoms with Crippen LogP contribution in [0.15, 0.2) is 0 Å². The molecule has 0 unspecified atom stereocenters. The van der Waals surface area contributed by atoms with Gasteiger partial charge in [-0.3, -0.25) is 0 Å². The van der Waals surface area contributed by atoms with E-state index in [-0.39, 0.29) is 23.5 Å². The van der Waals surface area contributed by atoms with Crippen LogP contribution in [0.25, 0.3) is 0 Å². The third-order valence-corrected chi connectivity index (χ3v) is 12.1. The van der Waals surface area contributed by atoms with Crippen molar-refractivity contribution in [1.29, 1.82) is 0 Å². The summed E-state index contributed by atoms with van der Waals surface area (Å²) >= 11 is 0.